The second-order valence-corrected chi connectivity index (χ2v) is 11.9. The molecule has 2 aromatic carbocycles. The molecule has 6 nitrogen and oxygen atoms in total. The van der Waals surface area contributed by atoms with Gasteiger partial charge >= 0.3 is 0 Å². The topological polar surface area (TPSA) is 60.9 Å². The van der Waals surface area contributed by atoms with Crippen LogP contribution in [0.5, 0.6) is 0 Å². The Balaban J connectivity index is 1.40. The summed E-state index contributed by atoms with van der Waals surface area (Å²) in [6, 6.07) is 12.0. The second kappa shape index (κ2) is 8.15. The molecular formula is C24H28BrN3O3S. The van der Waals surface area contributed by atoms with Gasteiger partial charge in [-0.2, -0.15) is 4.31 Å². The minimum atomic E-state index is -3.69. The molecule has 0 N–H and O–H groups in total. The van der Waals surface area contributed by atoms with Crippen molar-refractivity contribution in [2.24, 2.45) is 5.92 Å². The monoisotopic (exact) mass is 517 g/mol. The maximum atomic E-state index is 13.6. The zero-order valence-electron chi connectivity index (χ0n) is 18.4. The Morgan fingerprint density at radius 1 is 1.06 bits per heavy atom. The summed E-state index contributed by atoms with van der Waals surface area (Å²) in [4.78, 5) is 17.0. The first-order chi connectivity index (χ1) is 15.3. The van der Waals surface area contributed by atoms with Gasteiger partial charge in [-0.3, -0.25) is 4.79 Å². The largest absolute Gasteiger partial charge is 0.366 e. The quantitative estimate of drug-likeness (QED) is 0.615. The molecule has 1 aliphatic carbocycles. The molecule has 32 heavy (non-hydrogen) atoms. The lowest BCUT2D eigenvalue weighted by Crippen LogP contribution is -2.53. The lowest BCUT2D eigenvalue weighted by Gasteiger charge is -2.40. The van der Waals surface area contributed by atoms with Crippen molar-refractivity contribution in [3.05, 3.63) is 52.0 Å². The number of halogens is 1. The van der Waals surface area contributed by atoms with E-state index >= 15 is 0 Å². The summed E-state index contributed by atoms with van der Waals surface area (Å²) in [6.07, 6.45) is 2.64. The van der Waals surface area contributed by atoms with Crippen LogP contribution in [0.1, 0.15) is 30.9 Å². The van der Waals surface area contributed by atoms with Gasteiger partial charge in [0.2, 0.25) is 15.9 Å². The van der Waals surface area contributed by atoms with Crippen molar-refractivity contribution in [2.45, 2.75) is 44.0 Å². The molecule has 1 amide bonds. The van der Waals surface area contributed by atoms with Gasteiger partial charge in [-0.1, -0.05) is 17.7 Å². The third kappa shape index (κ3) is 3.86. The molecule has 2 fully saturated rings. The molecule has 1 saturated heterocycles. The van der Waals surface area contributed by atoms with Crippen molar-refractivity contribution >= 4 is 43.2 Å². The van der Waals surface area contributed by atoms with E-state index in [1.54, 1.807) is 15.3 Å². The molecule has 2 aliphatic heterocycles. The maximum absolute atomic E-state index is 13.6. The van der Waals surface area contributed by atoms with E-state index in [4.69, 9.17) is 0 Å². The molecule has 0 bridgehead atoms. The fourth-order valence-corrected chi connectivity index (χ4v) is 7.35. The summed E-state index contributed by atoms with van der Waals surface area (Å²) >= 11 is 3.50. The molecule has 0 aromatic heterocycles. The Bertz CT molecular complexity index is 1160. The number of benzene rings is 2. The Morgan fingerprint density at radius 2 is 1.78 bits per heavy atom. The van der Waals surface area contributed by atoms with Gasteiger partial charge in [-0.25, -0.2) is 8.42 Å². The normalized spacial score (nSPS) is 21.7. The molecule has 5 rings (SSSR count). The highest BCUT2D eigenvalue weighted by atomic mass is 79.9. The van der Waals surface area contributed by atoms with Gasteiger partial charge < -0.3 is 9.80 Å². The smallest absolute Gasteiger partial charge is 0.244 e. The molecule has 1 saturated carbocycles. The predicted molar refractivity (Wildman–Crippen MR) is 130 cm³/mol. The third-order valence-electron chi connectivity index (χ3n) is 6.79. The Labute approximate surface area is 198 Å². The first-order valence-electron chi connectivity index (χ1n) is 11.2. The molecule has 0 radical (unpaired) electrons. The first kappa shape index (κ1) is 21.9. The van der Waals surface area contributed by atoms with Crippen LogP contribution in [-0.2, 0) is 21.2 Å². The van der Waals surface area contributed by atoms with E-state index in [0.717, 1.165) is 36.2 Å². The fourth-order valence-electron chi connectivity index (χ4n) is 4.77. The van der Waals surface area contributed by atoms with Gasteiger partial charge in [0.1, 0.15) is 0 Å². The van der Waals surface area contributed by atoms with Crippen LogP contribution < -0.4 is 9.80 Å². The summed E-state index contributed by atoms with van der Waals surface area (Å²) in [5, 5.41) is 0. The van der Waals surface area contributed by atoms with Crippen molar-refractivity contribution in [1.29, 1.82) is 0 Å². The van der Waals surface area contributed by atoms with Gasteiger partial charge in [0.25, 0.3) is 0 Å². The number of amides is 1. The number of nitrogens with zero attached hydrogens (tertiary/aromatic N) is 3. The number of piperazine rings is 1. The average molecular weight is 518 g/mol. The van der Waals surface area contributed by atoms with Crippen LogP contribution in [0.2, 0.25) is 0 Å². The third-order valence-corrected chi connectivity index (χ3v) is 9.62. The van der Waals surface area contributed by atoms with Crippen LogP contribution in [0.15, 0.2) is 45.8 Å². The number of carbonyl (C=O) groups is 1. The minimum absolute atomic E-state index is 0.0578. The Kier molecular flexibility index (Phi) is 5.58. The molecule has 1 atom stereocenters. The van der Waals surface area contributed by atoms with Gasteiger partial charge in [0, 0.05) is 54.0 Å². The van der Waals surface area contributed by atoms with Crippen LogP contribution in [0.25, 0.3) is 0 Å². The number of hydrogen-bond acceptors (Lipinski definition) is 4. The summed E-state index contributed by atoms with van der Waals surface area (Å²) in [7, 11) is -3.69. The summed E-state index contributed by atoms with van der Waals surface area (Å²) in [5.41, 5.74) is 4.11. The molecular weight excluding hydrogens is 490 g/mol. The summed E-state index contributed by atoms with van der Waals surface area (Å²) in [5.74, 6) is 0.245. The maximum Gasteiger partial charge on any atom is 0.244 e. The number of aryl methyl sites for hydroxylation is 1. The van der Waals surface area contributed by atoms with Crippen LogP contribution in [0.4, 0.5) is 11.4 Å². The number of hydrogen-bond donors (Lipinski definition) is 0. The minimum Gasteiger partial charge on any atom is -0.366 e. The highest BCUT2D eigenvalue weighted by Crippen LogP contribution is 2.40. The van der Waals surface area contributed by atoms with Gasteiger partial charge in [-0.05, 0) is 78.9 Å². The van der Waals surface area contributed by atoms with Gasteiger partial charge in [0.05, 0.1) is 4.90 Å². The van der Waals surface area contributed by atoms with Gasteiger partial charge in [-0.15, -0.1) is 0 Å². The predicted octanol–water partition coefficient (Wildman–Crippen LogP) is 3.96. The van der Waals surface area contributed by atoms with E-state index in [1.165, 1.54) is 5.56 Å². The molecule has 0 unspecified atom stereocenters. The Morgan fingerprint density at radius 3 is 2.44 bits per heavy atom. The molecule has 170 valence electrons. The number of fused-ring (bicyclic) bond motifs is 1. The number of carbonyl (C=O) groups excluding carboxylic acids is 1. The lowest BCUT2D eigenvalue weighted by molar-refractivity contribution is -0.119. The lowest BCUT2D eigenvalue weighted by atomic mass is 10.1. The molecule has 8 heteroatoms. The molecule has 2 aromatic rings. The highest BCUT2D eigenvalue weighted by Gasteiger charge is 2.39. The van der Waals surface area contributed by atoms with E-state index in [2.05, 4.69) is 58.9 Å². The first-order valence-corrected chi connectivity index (χ1v) is 13.5. The van der Waals surface area contributed by atoms with Crippen LogP contribution in [0, 0.1) is 12.8 Å². The summed E-state index contributed by atoms with van der Waals surface area (Å²) < 4.78 is 29.4. The van der Waals surface area contributed by atoms with Gasteiger partial charge in [0.15, 0.2) is 0 Å². The standard InChI is InChI=1S/C24H28BrN3O3S/c1-16-3-7-20(8-4-16)27-12-11-26(15-17(27)2)32(30,31)23-14-22-19(13-21(23)25)9-10-28(22)24(29)18-5-6-18/h3-4,7-8,13-14,17-18H,5-6,9-12,15H2,1-2H3/t17-/m0/s1. The highest BCUT2D eigenvalue weighted by molar-refractivity contribution is 9.10. The second-order valence-electron chi connectivity index (χ2n) is 9.17. The van der Waals surface area contributed by atoms with Crippen LogP contribution >= 0.6 is 15.9 Å². The Hall–Kier alpha value is -1.90. The van der Waals surface area contributed by atoms with E-state index < -0.39 is 10.0 Å². The number of rotatable bonds is 4. The van der Waals surface area contributed by atoms with Crippen molar-refractivity contribution in [3.8, 4) is 0 Å². The van der Waals surface area contributed by atoms with E-state index in [9.17, 15) is 13.2 Å². The van der Waals surface area contributed by atoms with Crippen molar-refractivity contribution in [2.75, 3.05) is 36.0 Å². The summed E-state index contributed by atoms with van der Waals surface area (Å²) in [6.45, 7) is 6.24. The molecule has 3 aliphatic rings. The number of anilines is 2. The van der Waals surface area contributed by atoms with Crippen LogP contribution in [-0.4, -0.2) is 50.9 Å². The van der Waals surface area contributed by atoms with E-state index in [1.807, 2.05) is 6.07 Å². The van der Waals surface area contributed by atoms with Crippen molar-refractivity contribution in [3.63, 3.8) is 0 Å². The van der Waals surface area contributed by atoms with Crippen LogP contribution in [0.3, 0.4) is 0 Å². The molecule has 0 spiro atoms. The van der Waals surface area contributed by atoms with E-state index in [-0.39, 0.29) is 22.8 Å². The number of sulfonamides is 1. The van der Waals surface area contributed by atoms with Crippen molar-refractivity contribution < 1.29 is 13.2 Å². The fraction of sp³-hybridized carbons (Fsp3) is 0.458. The zero-order valence-corrected chi connectivity index (χ0v) is 20.8. The van der Waals surface area contributed by atoms with Crippen molar-refractivity contribution in [1.82, 2.24) is 4.31 Å². The SMILES string of the molecule is Cc1ccc(N2CCN(S(=O)(=O)c3cc4c(cc3Br)CCN4C(=O)C3CC3)C[C@@H]2C)cc1. The zero-order chi connectivity index (χ0) is 22.6. The average Bonchev–Trinajstić information content (AvgIpc) is 3.53. The van der Waals surface area contributed by atoms with E-state index in [0.29, 0.717) is 30.7 Å². The molecule has 2 heterocycles.